The average molecular weight is 376 g/mol. The summed E-state index contributed by atoms with van der Waals surface area (Å²) in [4.78, 5) is 24.7. The largest absolute Gasteiger partial charge is 0.505 e. The molecular formula is C19H15F3N2O3. The summed E-state index contributed by atoms with van der Waals surface area (Å²) < 4.78 is 42.4. The number of aromatic hydroxyl groups is 1. The number of phenols is 1. The van der Waals surface area contributed by atoms with Crippen LogP contribution in [0.3, 0.4) is 0 Å². The molecule has 5 nitrogen and oxygen atoms in total. The van der Waals surface area contributed by atoms with Gasteiger partial charge in [-0.2, -0.15) is 0 Å². The van der Waals surface area contributed by atoms with E-state index < -0.39 is 35.0 Å². The van der Waals surface area contributed by atoms with Gasteiger partial charge >= 0.3 is 0 Å². The van der Waals surface area contributed by atoms with Crippen LogP contribution in [0.25, 0.3) is 10.9 Å². The van der Waals surface area contributed by atoms with Crippen molar-refractivity contribution in [2.45, 2.75) is 13.3 Å². The molecule has 8 heteroatoms. The number of aromatic nitrogens is 1. The van der Waals surface area contributed by atoms with E-state index in [0.717, 1.165) is 28.8 Å². The Balaban J connectivity index is 2.28. The van der Waals surface area contributed by atoms with Gasteiger partial charge in [0.05, 0.1) is 11.9 Å². The molecule has 1 heterocycles. The highest BCUT2D eigenvalue weighted by Crippen LogP contribution is 2.33. The van der Waals surface area contributed by atoms with Gasteiger partial charge in [0.1, 0.15) is 0 Å². The summed E-state index contributed by atoms with van der Waals surface area (Å²) in [5.41, 5.74) is 0.437. The second-order valence-electron chi connectivity index (χ2n) is 5.98. The van der Waals surface area contributed by atoms with Crippen LogP contribution in [0.5, 0.6) is 5.75 Å². The van der Waals surface area contributed by atoms with E-state index in [1.54, 1.807) is 0 Å². The lowest BCUT2D eigenvalue weighted by Gasteiger charge is -2.08. The van der Waals surface area contributed by atoms with Crippen LogP contribution >= 0.6 is 0 Å². The number of phenolic OH excluding ortho intramolecular Hbond substituents is 1. The number of carbonyl (C=O) groups excluding carboxylic acids is 2. The fourth-order valence-corrected chi connectivity index (χ4v) is 3.01. The van der Waals surface area contributed by atoms with Crippen LogP contribution in [0, 0.1) is 24.4 Å². The Kier molecular flexibility index (Phi) is 4.65. The van der Waals surface area contributed by atoms with Crippen molar-refractivity contribution >= 4 is 22.7 Å². The zero-order valence-corrected chi connectivity index (χ0v) is 14.4. The Morgan fingerprint density at radius 1 is 1.11 bits per heavy atom. The molecule has 140 valence electrons. The molecule has 0 saturated carbocycles. The normalized spacial score (nSPS) is 11.0. The van der Waals surface area contributed by atoms with Crippen LogP contribution in [-0.2, 0) is 11.2 Å². The number of hydrogen-bond donors (Lipinski definition) is 2. The number of likely N-dealkylation sites (N-methyl/N-ethyl adjacent to an activating group) is 1. The van der Waals surface area contributed by atoms with Crippen LogP contribution in [0.2, 0.25) is 0 Å². The van der Waals surface area contributed by atoms with Crippen molar-refractivity contribution in [1.29, 1.82) is 0 Å². The number of nitrogens with zero attached hydrogens (tertiary/aromatic N) is 1. The van der Waals surface area contributed by atoms with Crippen molar-refractivity contribution in [3.05, 3.63) is 64.6 Å². The Morgan fingerprint density at radius 3 is 2.44 bits per heavy atom. The Hall–Kier alpha value is -3.29. The Morgan fingerprint density at radius 2 is 1.81 bits per heavy atom. The van der Waals surface area contributed by atoms with Gasteiger partial charge in [-0.25, -0.2) is 13.2 Å². The van der Waals surface area contributed by atoms with Gasteiger partial charge in [-0.3, -0.25) is 14.2 Å². The number of halogens is 3. The van der Waals surface area contributed by atoms with Gasteiger partial charge in [-0.1, -0.05) is 0 Å². The van der Waals surface area contributed by atoms with Crippen LogP contribution in [0.4, 0.5) is 13.2 Å². The molecule has 2 N–H and O–H groups in total. The SMILES string of the molecule is CNC(=O)Cc1c(C)n(C(=O)c2ccc(F)c(F)c2)c2ccc(O)c(F)c12. The van der Waals surface area contributed by atoms with Crippen molar-refractivity contribution in [1.82, 2.24) is 9.88 Å². The van der Waals surface area contributed by atoms with Crippen LogP contribution in [0.1, 0.15) is 21.6 Å². The topological polar surface area (TPSA) is 71.3 Å². The summed E-state index contributed by atoms with van der Waals surface area (Å²) in [5, 5.41) is 12.0. The van der Waals surface area contributed by atoms with E-state index in [-0.39, 0.29) is 34.1 Å². The maximum Gasteiger partial charge on any atom is 0.262 e. The molecule has 0 bridgehead atoms. The Bertz CT molecular complexity index is 1090. The van der Waals surface area contributed by atoms with E-state index in [2.05, 4.69) is 5.32 Å². The minimum Gasteiger partial charge on any atom is -0.505 e. The highest BCUT2D eigenvalue weighted by Gasteiger charge is 2.25. The van der Waals surface area contributed by atoms with Gasteiger partial charge in [0, 0.05) is 23.7 Å². The molecule has 0 aliphatic rings. The van der Waals surface area contributed by atoms with Gasteiger partial charge in [-0.15, -0.1) is 0 Å². The molecule has 0 spiro atoms. The fourth-order valence-electron chi connectivity index (χ4n) is 3.01. The van der Waals surface area contributed by atoms with E-state index in [4.69, 9.17) is 0 Å². The molecule has 2 aromatic carbocycles. The fraction of sp³-hybridized carbons (Fsp3) is 0.158. The quantitative estimate of drug-likeness (QED) is 0.738. The van der Waals surface area contributed by atoms with E-state index in [1.165, 1.54) is 20.0 Å². The third-order valence-electron chi connectivity index (χ3n) is 4.40. The van der Waals surface area contributed by atoms with Gasteiger partial charge in [0.25, 0.3) is 5.91 Å². The van der Waals surface area contributed by atoms with Crippen molar-refractivity contribution in [2.75, 3.05) is 7.05 Å². The van der Waals surface area contributed by atoms with E-state index in [1.807, 2.05) is 0 Å². The van der Waals surface area contributed by atoms with E-state index in [0.29, 0.717) is 0 Å². The number of hydrogen-bond acceptors (Lipinski definition) is 3. The first kappa shape index (κ1) is 18.5. The zero-order valence-electron chi connectivity index (χ0n) is 14.4. The van der Waals surface area contributed by atoms with Gasteiger partial charge in [-0.05, 0) is 42.8 Å². The molecular weight excluding hydrogens is 361 g/mol. The second-order valence-corrected chi connectivity index (χ2v) is 5.98. The molecule has 0 fully saturated rings. The second kappa shape index (κ2) is 6.79. The highest BCUT2D eigenvalue weighted by molar-refractivity contribution is 6.05. The summed E-state index contributed by atoms with van der Waals surface area (Å²) in [6.45, 7) is 1.51. The van der Waals surface area contributed by atoms with Crippen molar-refractivity contribution < 1.29 is 27.9 Å². The Labute approximate surface area is 152 Å². The maximum absolute atomic E-state index is 14.6. The first-order valence-electron chi connectivity index (χ1n) is 7.98. The van der Waals surface area contributed by atoms with Gasteiger partial charge in [0.15, 0.2) is 23.2 Å². The average Bonchev–Trinajstić information content (AvgIpc) is 2.92. The highest BCUT2D eigenvalue weighted by atomic mass is 19.2. The molecule has 0 aliphatic heterocycles. The first-order chi connectivity index (χ1) is 12.8. The molecule has 3 rings (SSSR count). The van der Waals surface area contributed by atoms with Crippen molar-refractivity contribution in [3.63, 3.8) is 0 Å². The number of amides is 1. The minimum atomic E-state index is -1.19. The molecule has 0 saturated heterocycles. The smallest absolute Gasteiger partial charge is 0.262 e. The number of carbonyl (C=O) groups is 2. The predicted molar refractivity (Wildman–Crippen MR) is 92.2 cm³/mol. The first-order valence-corrected chi connectivity index (χ1v) is 7.98. The molecule has 0 radical (unpaired) electrons. The summed E-state index contributed by atoms with van der Waals surface area (Å²) in [5.74, 6) is -5.02. The van der Waals surface area contributed by atoms with Crippen molar-refractivity contribution in [2.24, 2.45) is 0 Å². The number of nitrogens with one attached hydrogen (secondary N) is 1. The van der Waals surface area contributed by atoms with Crippen LogP contribution < -0.4 is 5.32 Å². The molecule has 0 atom stereocenters. The third kappa shape index (κ3) is 3.03. The predicted octanol–water partition coefficient (Wildman–Crippen LogP) is 3.05. The van der Waals surface area contributed by atoms with Crippen molar-refractivity contribution in [3.8, 4) is 5.75 Å². The molecule has 3 aromatic rings. The lowest BCUT2D eigenvalue weighted by molar-refractivity contribution is -0.119. The molecule has 1 aromatic heterocycles. The minimum absolute atomic E-state index is 0.0768. The standard InChI is InChI=1S/C19H15F3N2O3/c1-9-11(8-16(26)23-2)17-14(5-6-15(25)18(17)22)24(9)19(27)10-3-4-12(20)13(21)7-10/h3-7,25H,8H2,1-2H3,(H,23,26). The molecule has 0 aliphatic carbocycles. The molecule has 1 amide bonds. The molecule has 27 heavy (non-hydrogen) atoms. The summed E-state index contributed by atoms with van der Waals surface area (Å²) in [6, 6.07) is 5.09. The lowest BCUT2D eigenvalue weighted by Crippen LogP contribution is -2.21. The summed E-state index contributed by atoms with van der Waals surface area (Å²) in [7, 11) is 1.41. The van der Waals surface area contributed by atoms with Crippen LogP contribution in [-0.4, -0.2) is 28.5 Å². The number of rotatable bonds is 3. The maximum atomic E-state index is 14.6. The summed E-state index contributed by atoms with van der Waals surface area (Å²) >= 11 is 0. The number of benzene rings is 2. The lowest BCUT2D eigenvalue weighted by atomic mass is 10.1. The zero-order chi connectivity index (χ0) is 19.9. The monoisotopic (exact) mass is 376 g/mol. The molecule has 0 unspecified atom stereocenters. The third-order valence-corrected chi connectivity index (χ3v) is 4.40. The number of fused-ring (bicyclic) bond motifs is 1. The summed E-state index contributed by atoms with van der Waals surface area (Å²) in [6.07, 6.45) is -0.225. The van der Waals surface area contributed by atoms with Gasteiger partial charge in [0.2, 0.25) is 5.91 Å². The van der Waals surface area contributed by atoms with E-state index >= 15 is 0 Å². The van der Waals surface area contributed by atoms with E-state index in [9.17, 15) is 27.9 Å². The van der Waals surface area contributed by atoms with Crippen LogP contribution in [0.15, 0.2) is 30.3 Å². The van der Waals surface area contributed by atoms with Gasteiger partial charge < -0.3 is 10.4 Å².